The molecule has 0 spiro atoms. The van der Waals surface area contributed by atoms with Crippen molar-refractivity contribution < 1.29 is 22.7 Å². The maximum atomic E-state index is 12.9. The van der Waals surface area contributed by atoms with Crippen molar-refractivity contribution in [3.63, 3.8) is 0 Å². The quantitative estimate of drug-likeness (QED) is 0.528. The van der Waals surface area contributed by atoms with Crippen LogP contribution in [-0.2, 0) is 19.3 Å². The summed E-state index contributed by atoms with van der Waals surface area (Å²) in [7, 11) is 0. The van der Waals surface area contributed by atoms with Crippen LogP contribution >= 0.6 is 0 Å². The molecule has 0 aliphatic heterocycles. The number of hydrogen-bond donors (Lipinski definition) is 1. The van der Waals surface area contributed by atoms with Crippen LogP contribution in [0, 0.1) is 6.92 Å². The zero-order chi connectivity index (χ0) is 23.3. The number of hydrogen-bond acceptors (Lipinski definition) is 4. The van der Waals surface area contributed by atoms with Crippen LogP contribution in [0.4, 0.5) is 13.2 Å². The molecule has 1 aromatic heterocycles. The molecule has 1 N–H and O–H groups in total. The van der Waals surface area contributed by atoms with Crippen LogP contribution in [0.1, 0.15) is 58.3 Å². The Labute approximate surface area is 184 Å². The van der Waals surface area contributed by atoms with Gasteiger partial charge in [-0.05, 0) is 35.7 Å². The molecule has 0 unspecified atom stereocenters. The molecule has 32 heavy (non-hydrogen) atoms. The molecule has 0 atom stereocenters. The van der Waals surface area contributed by atoms with Crippen molar-refractivity contribution in [2.24, 2.45) is 0 Å². The minimum atomic E-state index is -4.41. The number of ether oxygens (including phenoxy) is 1. The Bertz CT molecular complexity index is 1080. The van der Waals surface area contributed by atoms with Crippen LogP contribution in [0.15, 0.2) is 54.7 Å². The number of aryl methyl sites for hydroxylation is 1. The summed E-state index contributed by atoms with van der Waals surface area (Å²) in [6, 6.07) is 12.9. The number of alkyl halides is 3. The molecule has 3 rings (SSSR count). The largest absolute Gasteiger partial charge is 0.485 e. The number of carbonyl (C=O) groups is 1. The van der Waals surface area contributed by atoms with Gasteiger partial charge >= 0.3 is 6.18 Å². The van der Waals surface area contributed by atoms with Crippen molar-refractivity contribution in [2.75, 3.05) is 0 Å². The predicted molar refractivity (Wildman–Crippen MR) is 114 cm³/mol. The lowest BCUT2D eigenvalue weighted by atomic mass is 10.0. The number of halogens is 3. The first-order valence-corrected chi connectivity index (χ1v) is 10.1. The van der Waals surface area contributed by atoms with Gasteiger partial charge in [0, 0.05) is 12.5 Å². The van der Waals surface area contributed by atoms with Crippen molar-refractivity contribution in [1.82, 2.24) is 15.3 Å². The molecule has 5 nitrogen and oxygen atoms in total. The Morgan fingerprint density at radius 1 is 1.12 bits per heavy atom. The molecular formula is C24H24F3N3O2. The first kappa shape index (κ1) is 23.2. The van der Waals surface area contributed by atoms with Gasteiger partial charge in [-0.1, -0.05) is 50.2 Å². The highest BCUT2D eigenvalue weighted by atomic mass is 19.4. The molecule has 8 heteroatoms. The second-order valence-electron chi connectivity index (χ2n) is 7.69. The molecule has 0 saturated heterocycles. The van der Waals surface area contributed by atoms with Crippen LogP contribution in [0.25, 0.3) is 0 Å². The van der Waals surface area contributed by atoms with E-state index in [1.807, 2.05) is 44.2 Å². The third-order valence-corrected chi connectivity index (χ3v) is 4.85. The summed E-state index contributed by atoms with van der Waals surface area (Å²) in [5.74, 6) is 0.242. The minimum Gasteiger partial charge on any atom is -0.485 e. The fourth-order valence-electron chi connectivity index (χ4n) is 3.00. The lowest BCUT2D eigenvalue weighted by molar-refractivity contribution is -0.137. The number of amides is 1. The molecule has 0 fully saturated rings. The van der Waals surface area contributed by atoms with E-state index >= 15 is 0 Å². The van der Waals surface area contributed by atoms with Gasteiger partial charge in [-0.25, -0.2) is 9.97 Å². The monoisotopic (exact) mass is 443 g/mol. The van der Waals surface area contributed by atoms with Crippen LogP contribution in [0.2, 0.25) is 0 Å². The fraction of sp³-hybridized carbons (Fsp3) is 0.292. The zero-order valence-electron chi connectivity index (χ0n) is 18.0. The predicted octanol–water partition coefficient (Wildman–Crippen LogP) is 5.44. The van der Waals surface area contributed by atoms with E-state index < -0.39 is 17.6 Å². The van der Waals surface area contributed by atoms with Gasteiger partial charge in [0.25, 0.3) is 5.91 Å². The van der Waals surface area contributed by atoms with E-state index in [1.165, 1.54) is 12.3 Å². The van der Waals surface area contributed by atoms with Crippen LogP contribution < -0.4 is 10.1 Å². The minimum absolute atomic E-state index is 0.00174. The van der Waals surface area contributed by atoms with E-state index in [0.717, 1.165) is 17.7 Å². The summed E-state index contributed by atoms with van der Waals surface area (Å²) < 4.78 is 44.4. The van der Waals surface area contributed by atoms with Gasteiger partial charge in [0.15, 0.2) is 11.4 Å². The van der Waals surface area contributed by atoms with Gasteiger partial charge in [-0.2, -0.15) is 13.2 Å². The second-order valence-corrected chi connectivity index (χ2v) is 7.69. The van der Waals surface area contributed by atoms with E-state index in [9.17, 15) is 18.0 Å². The average Bonchev–Trinajstić information content (AvgIpc) is 2.76. The number of benzene rings is 2. The highest BCUT2D eigenvalue weighted by Crippen LogP contribution is 2.30. The third-order valence-electron chi connectivity index (χ3n) is 4.85. The summed E-state index contributed by atoms with van der Waals surface area (Å²) in [5, 5.41) is 2.73. The van der Waals surface area contributed by atoms with E-state index in [-0.39, 0.29) is 30.5 Å². The summed E-state index contributed by atoms with van der Waals surface area (Å²) >= 11 is 0. The van der Waals surface area contributed by atoms with E-state index in [0.29, 0.717) is 17.0 Å². The molecule has 0 aliphatic rings. The first-order chi connectivity index (χ1) is 15.1. The lowest BCUT2D eigenvalue weighted by Crippen LogP contribution is -2.26. The topological polar surface area (TPSA) is 64.1 Å². The van der Waals surface area contributed by atoms with Gasteiger partial charge in [-0.15, -0.1) is 0 Å². The van der Waals surface area contributed by atoms with Crippen molar-refractivity contribution in [2.45, 2.75) is 46.0 Å². The van der Waals surface area contributed by atoms with Gasteiger partial charge in [0.2, 0.25) is 0 Å². The van der Waals surface area contributed by atoms with Crippen molar-refractivity contribution in [3.8, 4) is 5.75 Å². The third kappa shape index (κ3) is 5.84. The first-order valence-electron chi connectivity index (χ1n) is 10.1. The van der Waals surface area contributed by atoms with Crippen molar-refractivity contribution in [1.29, 1.82) is 0 Å². The number of rotatable bonds is 7. The fourth-order valence-corrected chi connectivity index (χ4v) is 3.00. The standard InChI is InChI=1S/C24H24F3N3O2/c1-15(2)22-28-13-20(32-14-17-7-5-4-6-8-17)21(30-22)23(31)29-12-18-9-10-19(11-16(18)3)24(25,26)27/h4-11,13,15H,12,14H2,1-3H3,(H,29,31). The van der Waals surface area contributed by atoms with E-state index in [1.54, 1.807) is 6.92 Å². The normalized spacial score (nSPS) is 11.5. The lowest BCUT2D eigenvalue weighted by Gasteiger charge is -2.14. The van der Waals surface area contributed by atoms with Crippen LogP contribution in [-0.4, -0.2) is 15.9 Å². The molecule has 1 amide bonds. The van der Waals surface area contributed by atoms with Crippen LogP contribution in [0.3, 0.4) is 0 Å². The number of aromatic nitrogens is 2. The van der Waals surface area contributed by atoms with Crippen LogP contribution in [0.5, 0.6) is 5.75 Å². The van der Waals surface area contributed by atoms with Gasteiger partial charge in [-0.3, -0.25) is 4.79 Å². The Kier molecular flexibility index (Phi) is 7.12. The molecule has 0 aliphatic carbocycles. The average molecular weight is 443 g/mol. The maximum absolute atomic E-state index is 12.9. The van der Waals surface area contributed by atoms with E-state index in [2.05, 4.69) is 15.3 Å². The number of nitrogens with zero attached hydrogens (tertiary/aromatic N) is 2. The molecular weight excluding hydrogens is 419 g/mol. The SMILES string of the molecule is Cc1cc(C(F)(F)F)ccc1CNC(=O)c1nc(C(C)C)ncc1OCc1ccccc1. The number of nitrogens with one attached hydrogen (secondary N) is 1. The van der Waals surface area contributed by atoms with E-state index in [4.69, 9.17) is 4.74 Å². The van der Waals surface area contributed by atoms with Gasteiger partial charge in [0.1, 0.15) is 12.4 Å². The molecule has 0 saturated carbocycles. The maximum Gasteiger partial charge on any atom is 0.416 e. The smallest absolute Gasteiger partial charge is 0.416 e. The summed E-state index contributed by atoms with van der Waals surface area (Å²) in [6.45, 7) is 5.69. The molecule has 3 aromatic rings. The van der Waals surface area contributed by atoms with Gasteiger partial charge in [0.05, 0.1) is 11.8 Å². The Morgan fingerprint density at radius 2 is 1.84 bits per heavy atom. The highest BCUT2D eigenvalue weighted by Gasteiger charge is 2.30. The summed E-state index contributed by atoms with van der Waals surface area (Å²) in [4.78, 5) is 21.5. The Hall–Kier alpha value is -3.42. The van der Waals surface area contributed by atoms with Gasteiger partial charge < -0.3 is 10.1 Å². The Balaban J connectivity index is 1.77. The molecule has 2 aromatic carbocycles. The van der Waals surface area contributed by atoms with Crippen molar-refractivity contribution >= 4 is 5.91 Å². The molecule has 1 heterocycles. The highest BCUT2D eigenvalue weighted by molar-refractivity contribution is 5.94. The molecule has 168 valence electrons. The second kappa shape index (κ2) is 9.80. The summed E-state index contributed by atoms with van der Waals surface area (Å²) in [6.07, 6.45) is -2.94. The van der Waals surface area contributed by atoms with Crippen molar-refractivity contribution in [3.05, 3.63) is 88.5 Å². The zero-order valence-corrected chi connectivity index (χ0v) is 18.0. The number of carbonyl (C=O) groups excluding carboxylic acids is 1. The molecule has 0 radical (unpaired) electrons. The Morgan fingerprint density at radius 3 is 2.47 bits per heavy atom. The summed E-state index contributed by atoms with van der Waals surface area (Å²) in [5.41, 5.74) is 1.30. The molecule has 0 bridgehead atoms.